The molecule has 0 unspecified atom stereocenters. The fraction of sp³-hybridized carbons (Fsp3) is 0.0417. The fourth-order valence-electron chi connectivity index (χ4n) is 3.23. The van der Waals surface area contributed by atoms with E-state index < -0.39 is 5.91 Å². The Morgan fingerprint density at radius 3 is 2.00 bits per heavy atom. The van der Waals surface area contributed by atoms with Gasteiger partial charge < -0.3 is 11.1 Å². The van der Waals surface area contributed by atoms with Gasteiger partial charge in [-0.05, 0) is 23.3 Å². The zero-order chi connectivity index (χ0) is 22.3. The van der Waals surface area contributed by atoms with Crippen molar-refractivity contribution in [3.05, 3.63) is 113 Å². The topological polar surface area (TPSA) is 105 Å². The van der Waals surface area contributed by atoms with Crippen molar-refractivity contribution in [2.75, 3.05) is 16.5 Å². The fourth-order valence-corrected chi connectivity index (χ4v) is 3.45. The maximum absolute atomic E-state index is 12.4. The van der Waals surface area contributed by atoms with Crippen LogP contribution in [-0.4, -0.2) is 15.9 Å². The average molecular weight is 445 g/mol. The Labute approximate surface area is 190 Å². The number of hydrogen-bond donors (Lipinski definition) is 4. The Hall–Kier alpha value is -4.10. The third-order valence-corrected chi connectivity index (χ3v) is 5.17. The van der Waals surface area contributed by atoms with E-state index in [-0.39, 0.29) is 17.5 Å². The summed E-state index contributed by atoms with van der Waals surface area (Å²) in [6.45, 7) is 0. The number of rotatable bonds is 7. The van der Waals surface area contributed by atoms with Crippen LogP contribution >= 0.6 is 11.6 Å². The van der Waals surface area contributed by atoms with Gasteiger partial charge in [0.05, 0.1) is 16.6 Å². The Morgan fingerprint density at radius 1 is 0.812 bits per heavy atom. The zero-order valence-corrected chi connectivity index (χ0v) is 17.8. The van der Waals surface area contributed by atoms with Crippen molar-refractivity contribution < 1.29 is 4.79 Å². The van der Waals surface area contributed by atoms with Crippen LogP contribution in [0.5, 0.6) is 0 Å². The number of hydrogen-bond acceptors (Lipinski definition) is 6. The number of nitrogens with one attached hydrogen (secondary N) is 3. The third-order valence-electron chi connectivity index (χ3n) is 4.84. The normalized spacial score (nSPS) is 10.6. The first-order chi connectivity index (χ1) is 15.6. The van der Waals surface area contributed by atoms with Crippen LogP contribution < -0.4 is 21.9 Å². The molecular formula is C24H21ClN6O. The number of nitrogens with two attached hydrogens (primary N) is 1. The minimum absolute atomic E-state index is 0.180. The van der Waals surface area contributed by atoms with E-state index in [0.29, 0.717) is 16.4 Å². The number of benzene rings is 3. The molecule has 5 N–H and O–H groups in total. The Balaban J connectivity index is 1.56. The molecule has 1 amide bonds. The molecule has 4 aromatic rings. The molecule has 0 saturated heterocycles. The summed E-state index contributed by atoms with van der Waals surface area (Å²) < 4.78 is 0. The lowest BCUT2D eigenvalue weighted by Gasteiger charge is -2.22. The van der Waals surface area contributed by atoms with E-state index in [1.165, 1.54) is 6.33 Å². The highest BCUT2D eigenvalue weighted by Crippen LogP contribution is 2.30. The summed E-state index contributed by atoms with van der Waals surface area (Å²) >= 11 is 6.08. The molecule has 0 aliphatic carbocycles. The van der Waals surface area contributed by atoms with Gasteiger partial charge in [0.15, 0.2) is 11.6 Å². The van der Waals surface area contributed by atoms with Crippen molar-refractivity contribution in [3.63, 3.8) is 0 Å². The van der Waals surface area contributed by atoms with Gasteiger partial charge in [0, 0.05) is 0 Å². The smallest absolute Gasteiger partial charge is 0.271 e. The number of nitrogens with zero attached hydrogens (tertiary/aromatic N) is 2. The summed E-state index contributed by atoms with van der Waals surface area (Å²) in [4.78, 5) is 20.9. The molecule has 0 spiro atoms. The molecule has 0 atom stereocenters. The van der Waals surface area contributed by atoms with E-state index in [2.05, 4.69) is 26.1 Å². The Morgan fingerprint density at radius 2 is 1.38 bits per heavy atom. The van der Waals surface area contributed by atoms with Crippen LogP contribution in [-0.2, 0) is 0 Å². The van der Waals surface area contributed by atoms with Crippen molar-refractivity contribution in [1.82, 2.24) is 15.4 Å². The zero-order valence-electron chi connectivity index (χ0n) is 17.0. The van der Waals surface area contributed by atoms with Crippen LogP contribution in [0.3, 0.4) is 0 Å². The standard InChI is InChI=1S/C24H21ClN6O/c25-19-14-8-7-13-18(19)24(32)31-30-23-20(26)22(27-15-28-23)29-21(16-9-3-1-4-10-16)17-11-5-2-6-12-17/h1-15,21H,26H2,(H,31,32)(H2,27,28,29,30). The van der Waals surface area contributed by atoms with Gasteiger partial charge in [0.25, 0.3) is 5.91 Å². The molecule has 3 aromatic carbocycles. The predicted octanol–water partition coefficient (Wildman–Crippen LogP) is 4.67. The summed E-state index contributed by atoms with van der Waals surface area (Å²) in [5.74, 6) is 0.296. The lowest BCUT2D eigenvalue weighted by atomic mass is 9.99. The lowest BCUT2D eigenvalue weighted by Crippen LogP contribution is -2.30. The molecular weight excluding hydrogens is 424 g/mol. The molecule has 4 rings (SSSR count). The Kier molecular flexibility index (Phi) is 6.48. The predicted molar refractivity (Wildman–Crippen MR) is 127 cm³/mol. The first-order valence-electron chi connectivity index (χ1n) is 9.91. The van der Waals surface area contributed by atoms with Crippen molar-refractivity contribution in [3.8, 4) is 0 Å². The van der Waals surface area contributed by atoms with Crippen LogP contribution in [0.25, 0.3) is 0 Å². The van der Waals surface area contributed by atoms with Gasteiger partial charge in [0.1, 0.15) is 12.0 Å². The number of nitrogen functional groups attached to an aromatic ring is 1. The van der Waals surface area contributed by atoms with E-state index in [4.69, 9.17) is 17.3 Å². The van der Waals surface area contributed by atoms with Crippen molar-refractivity contribution in [1.29, 1.82) is 0 Å². The molecule has 0 saturated carbocycles. The van der Waals surface area contributed by atoms with Crippen LogP contribution in [0.15, 0.2) is 91.3 Å². The highest BCUT2D eigenvalue weighted by atomic mass is 35.5. The first kappa shape index (κ1) is 21.1. The van der Waals surface area contributed by atoms with E-state index >= 15 is 0 Å². The summed E-state index contributed by atoms with van der Waals surface area (Å²) in [7, 11) is 0. The molecule has 1 aromatic heterocycles. The van der Waals surface area contributed by atoms with Crippen molar-refractivity contribution in [2.24, 2.45) is 0 Å². The van der Waals surface area contributed by atoms with Gasteiger partial charge in [-0.25, -0.2) is 9.97 Å². The minimum atomic E-state index is -0.408. The summed E-state index contributed by atoms with van der Waals surface area (Å²) in [5.41, 5.74) is 14.4. The van der Waals surface area contributed by atoms with Crippen molar-refractivity contribution >= 4 is 34.8 Å². The molecule has 160 valence electrons. The van der Waals surface area contributed by atoms with Gasteiger partial charge in [-0.15, -0.1) is 0 Å². The number of hydrazine groups is 1. The molecule has 8 heteroatoms. The van der Waals surface area contributed by atoms with E-state index in [1.54, 1.807) is 24.3 Å². The summed E-state index contributed by atoms with van der Waals surface area (Å²) in [5, 5.41) is 3.74. The second-order valence-corrected chi connectivity index (χ2v) is 7.35. The number of carbonyl (C=O) groups is 1. The minimum Gasteiger partial charge on any atom is -0.393 e. The molecule has 0 radical (unpaired) electrons. The number of carbonyl (C=O) groups excluding carboxylic acids is 1. The maximum atomic E-state index is 12.4. The summed E-state index contributed by atoms with van der Waals surface area (Å²) in [6, 6.07) is 26.6. The molecule has 0 aliphatic rings. The third kappa shape index (κ3) is 4.79. The second-order valence-electron chi connectivity index (χ2n) is 6.94. The van der Waals surface area contributed by atoms with Crippen LogP contribution in [0.2, 0.25) is 5.02 Å². The molecule has 7 nitrogen and oxygen atoms in total. The summed E-state index contributed by atoms with van der Waals surface area (Å²) in [6.07, 6.45) is 1.37. The molecule has 32 heavy (non-hydrogen) atoms. The molecule has 0 aliphatic heterocycles. The van der Waals surface area contributed by atoms with Crippen molar-refractivity contribution in [2.45, 2.75) is 6.04 Å². The van der Waals surface area contributed by atoms with E-state index in [1.807, 2.05) is 60.7 Å². The first-order valence-corrected chi connectivity index (χ1v) is 10.3. The monoisotopic (exact) mass is 444 g/mol. The van der Waals surface area contributed by atoms with Crippen LogP contribution in [0.4, 0.5) is 17.3 Å². The van der Waals surface area contributed by atoms with E-state index in [9.17, 15) is 4.79 Å². The number of anilines is 3. The number of aromatic nitrogens is 2. The molecule has 1 heterocycles. The SMILES string of the molecule is Nc1c(NNC(=O)c2ccccc2Cl)ncnc1NC(c1ccccc1)c1ccccc1. The average Bonchev–Trinajstić information content (AvgIpc) is 2.84. The second kappa shape index (κ2) is 9.80. The maximum Gasteiger partial charge on any atom is 0.271 e. The lowest BCUT2D eigenvalue weighted by molar-refractivity contribution is 0.0962. The van der Waals surface area contributed by atoms with Gasteiger partial charge in [0.2, 0.25) is 0 Å². The van der Waals surface area contributed by atoms with Gasteiger partial charge in [-0.1, -0.05) is 84.4 Å². The van der Waals surface area contributed by atoms with Crippen LogP contribution in [0.1, 0.15) is 27.5 Å². The molecule has 0 fully saturated rings. The highest BCUT2D eigenvalue weighted by molar-refractivity contribution is 6.33. The van der Waals surface area contributed by atoms with Gasteiger partial charge in [-0.2, -0.15) is 0 Å². The largest absolute Gasteiger partial charge is 0.393 e. The highest BCUT2D eigenvalue weighted by Gasteiger charge is 2.18. The quantitative estimate of drug-likeness (QED) is 0.309. The molecule has 0 bridgehead atoms. The number of halogens is 1. The van der Waals surface area contributed by atoms with Crippen LogP contribution in [0, 0.1) is 0 Å². The van der Waals surface area contributed by atoms with Gasteiger partial charge >= 0.3 is 0 Å². The Bertz CT molecular complexity index is 1160. The van der Waals surface area contributed by atoms with Gasteiger partial charge in [-0.3, -0.25) is 15.6 Å². The number of amides is 1. The van der Waals surface area contributed by atoms with E-state index in [0.717, 1.165) is 11.1 Å².